The van der Waals surface area contributed by atoms with E-state index in [0.717, 1.165) is 42.1 Å². The van der Waals surface area contributed by atoms with Crippen LogP contribution in [0.15, 0.2) is 42.5 Å². The summed E-state index contributed by atoms with van der Waals surface area (Å²) in [6.07, 6.45) is 4.63. The average Bonchev–Trinajstić information content (AvgIpc) is 2.75. The lowest BCUT2D eigenvalue weighted by Crippen LogP contribution is -2.37. The second-order valence-corrected chi connectivity index (χ2v) is 8.72. The van der Waals surface area contributed by atoms with Crippen molar-refractivity contribution in [3.05, 3.63) is 59.2 Å². The molecule has 5 heteroatoms. The van der Waals surface area contributed by atoms with Crippen molar-refractivity contribution in [2.75, 3.05) is 24.3 Å². The van der Waals surface area contributed by atoms with Gasteiger partial charge in [0.15, 0.2) is 0 Å². The monoisotopic (exact) mass is 403 g/mol. The molecule has 0 atom stereocenters. The van der Waals surface area contributed by atoms with E-state index in [9.17, 15) is 0 Å². The number of fused-ring (bicyclic) bond motifs is 1. The first kappa shape index (κ1) is 20.6. The fourth-order valence-corrected chi connectivity index (χ4v) is 4.35. The third-order valence-corrected chi connectivity index (χ3v) is 6.37. The van der Waals surface area contributed by atoms with Crippen molar-refractivity contribution in [3.8, 4) is 0 Å². The van der Waals surface area contributed by atoms with Gasteiger partial charge in [-0.15, -0.1) is 0 Å². The predicted molar refractivity (Wildman–Crippen MR) is 126 cm³/mol. The van der Waals surface area contributed by atoms with Gasteiger partial charge < -0.3 is 15.5 Å². The summed E-state index contributed by atoms with van der Waals surface area (Å²) in [7, 11) is 4.07. The molecule has 0 unspecified atom stereocenters. The minimum Gasteiger partial charge on any atom is -0.362 e. The van der Waals surface area contributed by atoms with Crippen LogP contribution in [0.25, 0.3) is 10.9 Å². The number of aryl methyl sites for hydroxylation is 1. The fraction of sp³-hybridized carbons (Fsp3) is 0.440. The minimum atomic E-state index is 0.430. The SMILES string of the molecule is Cc1cccc(CNC2CCC(Nc3nc(N(C)C)c4ccccc4n3)CC2)c1C. The quantitative estimate of drug-likeness (QED) is 0.618. The number of benzene rings is 2. The number of nitrogens with one attached hydrogen (secondary N) is 2. The largest absolute Gasteiger partial charge is 0.362 e. The zero-order valence-corrected chi connectivity index (χ0v) is 18.6. The molecule has 3 aromatic rings. The van der Waals surface area contributed by atoms with E-state index in [0.29, 0.717) is 12.1 Å². The summed E-state index contributed by atoms with van der Waals surface area (Å²) in [4.78, 5) is 11.6. The molecular formula is C25H33N5. The molecule has 30 heavy (non-hydrogen) atoms. The topological polar surface area (TPSA) is 53.1 Å². The van der Waals surface area contributed by atoms with Gasteiger partial charge in [0, 0.05) is 38.1 Å². The number of nitrogens with zero attached hydrogens (tertiary/aromatic N) is 3. The highest BCUT2D eigenvalue weighted by Crippen LogP contribution is 2.26. The van der Waals surface area contributed by atoms with E-state index >= 15 is 0 Å². The van der Waals surface area contributed by atoms with Gasteiger partial charge in [-0.25, -0.2) is 4.98 Å². The maximum atomic E-state index is 4.80. The molecule has 0 spiro atoms. The molecule has 1 saturated carbocycles. The van der Waals surface area contributed by atoms with Gasteiger partial charge in [0.1, 0.15) is 5.82 Å². The van der Waals surface area contributed by atoms with Crippen LogP contribution in [0.1, 0.15) is 42.4 Å². The summed E-state index contributed by atoms with van der Waals surface area (Å²) in [5.41, 5.74) is 5.18. The van der Waals surface area contributed by atoms with Gasteiger partial charge in [-0.3, -0.25) is 0 Å². The maximum Gasteiger partial charge on any atom is 0.225 e. The van der Waals surface area contributed by atoms with E-state index in [1.54, 1.807) is 0 Å². The van der Waals surface area contributed by atoms with Crippen LogP contribution in [0, 0.1) is 13.8 Å². The lowest BCUT2D eigenvalue weighted by Gasteiger charge is -2.30. The van der Waals surface area contributed by atoms with E-state index in [4.69, 9.17) is 9.97 Å². The molecule has 1 aliphatic carbocycles. The molecule has 0 aliphatic heterocycles. The van der Waals surface area contributed by atoms with Crippen LogP contribution in [0.3, 0.4) is 0 Å². The first-order chi connectivity index (χ1) is 14.5. The van der Waals surface area contributed by atoms with Crippen LogP contribution < -0.4 is 15.5 Å². The molecule has 2 N–H and O–H groups in total. The highest BCUT2D eigenvalue weighted by molar-refractivity contribution is 5.90. The Labute approximate surface area is 179 Å². The summed E-state index contributed by atoms with van der Waals surface area (Å²) in [5.74, 6) is 1.70. The molecule has 0 radical (unpaired) electrons. The van der Waals surface area contributed by atoms with Gasteiger partial charge in [0.05, 0.1) is 5.52 Å². The average molecular weight is 404 g/mol. The Hall–Kier alpha value is -2.66. The minimum absolute atomic E-state index is 0.430. The summed E-state index contributed by atoms with van der Waals surface area (Å²) in [6, 6.07) is 15.8. The number of aromatic nitrogens is 2. The summed E-state index contributed by atoms with van der Waals surface area (Å²) in [5, 5.41) is 8.47. The molecule has 1 fully saturated rings. The molecule has 4 rings (SSSR count). The number of para-hydroxylation sites is 1. The lowest BCUT2D eigenvalue weighted by molar-refractivity contribution is 0.352. The van der Waals surface area contributed by atoms with Crippen LogP contribution in [0.2, 0.25) is 0 Å². The van der Waals surface area contributed by atoms with Crippen molar-refractivity contribution in [3.63, 3.8) is 0 Å². The molecule has 1 heterocycles. The molecule has 2 aromatic carbocycles. The van der Waals surface area contributed by atoms with Gasteiger partial charge in [0.25, 0.3) is 0 Å². The van der Waals surface area contributed by atoms with Crippen LogP contribution >= 0.6 is 0 Å². The molecule has 1 aromatic heterocycles. The third-order valence-electron chi connectivity index (χ3n) is 6.37. The van der Waals surface area contributed by atoms with Crippen molar-refractivity contribution in [1.29, 1.82) is 0 Å². The Balaban J connectivity index is 1.35. The molecule has 158 valence electrons. The summed E-state index contributed by atoms with van der Waals surface area (Å²) in [6.45, 7) is 5.36. The van der Waals surface area contributed by atoms with Crippen LogP contribution in [0.5, 0.6) is 0 Å². The van der Waals surface area contributed by atoms with Crippen molar-refractivity contribution in [2.45, 2.75) is 58.2 Å². The number of hydrogen-bond donors (Lipinski definition) is 2. The molecule has 0 bridgehead atoms. The lowest BCUT2D eigenvalue weighted by atomic mass is 9.91. The maximum absolute atomic E-state index is 4.80. The van der Waals surface area contributed by atoms with E-state index < -0.39 is 0 Å². The summed E-state index contributed by atoms with van der Waals surface area (Å²) < 4.78 is 0. The van der Waals surface area contributed by atoms with Crippen LogP contribution in [-0.4, -0.2) is 36.1 Å². The van der Waals surface area contributed by atoms with Crippen LogP contribution in [-0.2, 0) is 6.54 Å². The van der Waals surface area contributed by atoms with E-state index in [-0.39, 0.29) is 0 Å². The van der Waals surface area contributed by atoms with E-state index in [2.05, 4.69) is 59.7 Å². The molecule has 5 nitrogen and oxygen atoms in total. The van der Waals surface area contributed by atoms with Crippen LogP contribution in [0.4, 0.5) is 11.8 Å². The Morgan fingerprint density at radius 3 is 2.40 bits per heavy atom. The van der Waals surface area contributed by atoms with Crippen molar-refractivity contribution in [2.24, 2.45) is 0 Å². The zero-order valence-electron chi connectivity index (χ0n) is 18.6. The highest BCUT2D eigenvalue weighted by atomic mass is 15.2. The van der Waals surface area contributed by atoms with E-state index in [1.165, 1.54) is 29.5 Å². The normalized spacial score (nSPS) is 19.1. The molecular weight excluding hydrogens is 370 g/mol. The van der Waals surface area contributed by atoms with Gasteiger partial charge >= 0.3 is 0 Å². The van der Waals surface area contributed by atoms with Crippen molar-refractivity contribution in [1.82, 2.24) is 15.3 Å². The Morgan fingerprint density at radius 1 is 0.900 bits per heavy atom. The van der Waals surface area contributed by atoms with Crippen molar-refractivity contribution < 1.29 is 0 Å². The van der Waals surface area contributed by atoms with E-state index in [1.807, 2.05) is 26.2 Å². The first-order valence-corrected chi connectivity index (χ1v) is 11.0. The summed E-state index contributed by atoms with van der Waals surface area (Å²) >= 11 is 0. The molecule has 0 saturated heterocycles. The van der Waals surface area contributed by atoms with Gasteiger partial charge in [-0.1, -0.05) is 30.3 Å². The Kier molecular flexibility index (Phi) is 6.18. The number of rotatable bonds is 6. The number of anilines is 2. The van der Waals surface area contributed by atoms with Gasteiger partial charge in [-0.2, -0.15) is 4.98 Å². The van der Waals surface area contributed by atoms with Gasteiger partial charge in [-0.05, 0) is 68.4 Å². The van der Waals surface area contributed by atoms with Crippen molar-refractivity contribution >= 4 is 22.7 Å². The third kappa shape index (κ3) is 4.57. The molecule has 0 amide bonds. The zero-order chi connectivity index (χ0) is 21.1. The predicted octanol–water partition coefficient (Wildman–Crippen LogP) is 4.83. The number of hydrogen-bond acceptors (Lipinski definition) is 5. The second-order valence-electron chi connectivity index (χ2n) is 8.72. The molecule has 1 aliphatic rings. The first-order valence-electron chi connectivity index (χ1n) is 11.0. The standard InChI is InChI=1S/C25H33N5/c1-17-8-7-9-19(18(17)2)16-26-20-12-14-21(15-13-20)27-25-28-23-11-6-5-10-22(23)24(29-25)30(3)4/h5-11,20-21,26H,12-16H2,1-4H3,(H,27,28,29). The fourth-order valence-electron chi connectivity index (χ4n) is 4.35. The Morgan fingerprint density at radius 2 is 1.63 bits per heavy atom. The second kappa shape index (κ2) is 9.00. The smallest absolute Gasteiger partial charge is 0.225 e. The van der Waals surface area contributed by atoms with Gasteiger partial charge in [0.2, 0.25) is 5.95 Å². The Bertz CT molecular complexity index is 1010. The highest BCUT2D eigenvalue weighted by Gasteiger charge is 2.22.